The Balaban J connectivity index is 2.35. The van der Waals surface area contributed by atoms with Crippen LogP contribution >= 0.6 is 15.9 Å². The van der Waals surface area contributed by atoms with Gasteiger partial charge in [-0.1, -0.05) is 13.0 Å². The average Bonchev–Trinajstić information content (AvgIpc) is 2.40. The highest BCUT2D eigenvalue weighted by atomic mass is 79.9. The summed E-state index contributed by atoms with van der Waals surface area (Å²) < 4.78 is 14.4. The van der Waals surface area contributed by atoms with Gasteiger partial charge in [0, 0.05) is 24.0 Å². The van der Waals surface area contributed by atoms with E-state index in [1.54, 1.807) is 24.4 Å². The van der Waals surface area contributed by atoms with Gasteiger partial charge in [0.2, 0.25) is 0 Å². The van der Waals surface area contributed by atoms with Gasteiger partial charge in [-0.15, -0.1) is 0 Å². The molecule has 4 heteroatoms. The molecule has 0 bridgehead atoms. The summed E-state index contributed by atoms with van der Waals surface area (Å²) in [7, 11) is 0. The lowest BCUT2D eigenvalue weighted by Gasteiger charge is -2.08. The van der Waals surface area contributed by atoms with E-state index in [4.69, 9.17) is 0 Å². The zero-order valence-electron chi connectivity index (χ0n) is 10.1. The zero-order valence-corrected chi connectivity index (χ0v) is 11.7. The number of nitrogens with one attached hydrogen (secondary N) is 1. The molecule has 94 valence electrons. The molecule has 0 spiro atoms. The minimum Gasteiger partial charge on any atom is -0.385 e. The Kier molecular flexibility index (Phi) is 4.31. The van der Waals surface area contributed by atoms with E-state index in [2.05, 4.69) is 33.2 Å². The van der Waals surface area contributed by atoms with Crippen molar-refractivity contribution in [2.24, 2.45) is 0 Å². The Hall–Kier alpha value is -1.42. The number of pyridine rings is 1. The molecule has 0 aliphatic heterocycles. The van der Waals surface area contributed by atoms with Crippen LogP contribution in [0.15, 0.2) is 41.0 Å². The number of aromatic nitrogens is 1. The number of rotatable bonds is 4. The third-order valence-electron chi connectivity index (χ3n) is 2.57. The van der Waals surface area contributed by atoms with Crippen molar-refractivity contribution in [3.05, 3.63) is 46.8 Å². The largest absolute Gasteiger partial charge is 0.385 e. The third-order valence-corrected chi connectivity index (χ3v) is 3.18. The van der Waals surface area contributed by atoms with Crippen molar-refractivity contribution in [1.29, 1.82) is 0 Å². The van der Waals surface area contributed by atoms with Gasteiger partial charge in [0.1, 0.15) is 5.82 Å². The number of hydrogen-bond acceptors (Lipinski definition) is 2. The van der Waals surface area contributed by atoms with Crippen molar-refractivity contribution < 1.29 is 4.39 Å². The average molecular weight is 309 g/mol. The van der Waals surface area contributed by atoms with Crippen molar-refractivity contribution in [3.63, 3.8) is 0 Å². The summed E-state index contributed by atoms with van der Waals surface area (Å²) >= 11 is 3.19. The Morgan fingerprint density at radius 2 is 2.17 bits per heavy atom. The van der Waals surface area contributed by atoms with Crippen molar-refractivity contribution in [2.75, 3.05) is 11.9 Å². The van der Waals surface area contributed by atoms with E-state index in [0.29, 0.717) is 15.7 Å². The molecule has 0 saturated carbocycles. The molecule has 0 amide bonds. The first-order valence-electron chi connectivity index (χ1n) is 5.86. The zero-order chi connectivity index (χ0) is 13.0. The predicted octanol–water partition coefficient (Wildman–Crippen LogP) is 4.47. The molecule has 1 N–H and O–H groups in total. The number of hydrogen-bond donors (Lipinski definition) is 1. The van der Waals surface area contributed by atoms with Gasteiger partial charge in [0.15, 0.2) is 0 Å². The SMILES string of the molecule is CCCNc1ccnc(-c2cccc(Br)c2F)c1. The monoisotopic (exact) mass is 308 g/mol. The van der Waals surface area contributed by atoms with Crippen LogP contribution in [0.25, 0.3) is 11.3 Å². The van der Waals surface area contributed by atoms with Crippen molar-refractivity contribution in [3.8, 4) is 11.3 Å². The highest BCUT2D eigenvalue weighted by Crippen LogP contribution is 2.27. The van der Waals surface area contributed by atoms with E-state index in [9.17, 15) is 4.39 Å². The molecule has 0 aliphatic rings. The molecule has 1 aromatic carbocycles. The van der Waals surface area contributed by atoms with Gasteiger partial charge in [-0.2, -0.15) is 0 Å². The maximum Gasteiger partial charge on any atom is 0.146 e. The van der Waals surface area contributed by atoms with E-state index < -0.39 is 0 Å². The van der Waals surface area contributed by atoms with E-state index >= 15 is 0 Å². The molecular weight excluding hydrogens is 295 g/mol. The summed E-state index contributed by atoms with van der Waals surface area (Å²) in [5.74, 6) is -0.280. The quantitative estimate of drug-likeness (QED) is 0.901. The lowest BCUT2D eigenvalue weighted by Crippen LogP contribution is -2.00. The van der Waals surface area contributed by atoms with Gasteiger partial charge >= 0.3 is 0 Å². The van der Waals surface area contributed by atoms with Gasteiger partial charge in [-0.05, 0) is 46.6 Å². The number of halogens is 2. The summed E-state index contributed by atoms with van der Waals surface area (Å²) in [6.07, 6.45) is 2.73. The summed E-state index contributed by atoms with van der Waals surface area (Å²) in [4.78, 5) is 4.22. The highest BCUT2D eigenvalue weighted by Gasteiger charge is 2.09. The second-order valence-corrected chi connectivity index (χ2v) is 4.81. The number of nitrogens with zero attached hydrogens (tertiary/aromatic N) is 1. The van der Waals surface area contributed by atoms with Crippen molar-refractivity contribution >= 4 is 21.6 Å². The van der Waals surface area contributed by atoms with Crippen LogP contribution < -0.4 is 5.32 Å². The first-order valence-corrected chi connectivity index (χ1v) is 6.66. The van der Waals surface area contributed by atoms with Gasteiger partial charge in [-0.25, -0.2) is 4.39 Å². The summed E-state index contributed by atoms with van der Waals surface area (Å²) in [5.41, 5.74) is 2.10. The Labute approximate surface area is 114 Å². The van der Waals surface area contributed by atoms with Crippen LogP contribution in [-0.4, -0.2) is 11.5 Å². The van der Waals surface area contributed by atoms with Gasteiger partial charge in [0.05, 0.1) is 10.2 Å². The summed E-state index contributed by atoms with van der Waals surface area (Å²) in [6.45, 7) is 2.99. The van der Waals surface area contributed by atoms with Gasteiger partial charge in [0.25, 0.3) is 0 Å². The minimum atomic E-state index is -0.280. The lowest BCUT2D eigenvalue weighted by atomic mass is 10.1. The van der Waals surface area contributed by atoms with Crippen LogP contribution in [0.5, 0.6) is 0 Å². The smallest absolute Gasteiger partial charge is 0.146 e. The van der Waals surface area contributed by atoms with Crippen molar-refractivity contribution in [1.82, 2.24) is 4.98 Å². The fourth-order valence-corrected chi connectivity index (χ4v) is 2.02. The molecule has 0 saturated heterocycles. The van der Waals surface area contributed by atoms with E-state index in [1.165, 1.54) is 0 Å². The molecule has 0 atom stereocenters. The van der Waals surface area contributed by atoms with Crippen molar-refractivity contribution in [2.45, 2.75) is 13.3 Å². The minimum absolute atomic E-state index is 0.280. The van der Waals surface area contributed by atoms with E-state index in [-0.39, 0.29) is 5.82 Å². The van der Waals surface area contributed by atoms with Crippen LogP contribution in [0.1, 0.15) is 13.3 Å². The lowest BCUT2D eigenvalue weighted by molar-refractivity contribution is 0.624. The van der Waals surface area contributed by atoms with Crippen LogP contribution in [-0.2, 0) is 0 Å². The van der Waals surface area contributed by atoms with Crippen LogP contribution in [0.4, 0.5) is 10.1 Å². The fourth-order valence-electron chi connectivity index (χ4n) is 1.66. The molecule has 0 radical (unpaired) electrons. The molecule has 1 aromatic heterocycles. The first kappa shape index (κ1) is 13.0. The van der Waals surface area contributed by atoms with Crippen LogP contribution in [0, 0.1) is 5.82 Å². The molecule has 0 unspecified atom stereocenters. The molecule has 0 aliphatic carbocycles. The number of anilines is 1. The Morgan fingerprint density at radius 3 is 2.94 bits per heavy atom. The first-order chi connectivity index (χ1) is 8.72. The molecular formula is C14H14BrFN2. The maximum absolute atomic E-state index is 14.0. The second kappa shape index (κ2) is 5.96. The van der Waals surface area contributed by atoms with Crippen LogP contribution in [0.2, 0.25) is 0 Å². The molecule has 2 nitrogen and oxygen atoms in total. The Morgan fingerprint density at radius 1 is 1.33 bits per heavy atom. The standard InChI is InChI=1S/C14H14BrFN2/c1-2-7-17-10-6-8-18-13(9-10)11-4-3-5-12(15)14(11)16/h3-6,8-9H,2,7H2,1H3,(H,17,18). The summed E-state index contributed by atoms with van der Waals surface area (Å²) in [6, 6.07) is 8.95. The van der Waals surface area contributed by atoms with E-state index in [0.717, 1.165) is 18.7 Å². The topological polar surface area (TPSA) is 24.9 Å². The third kappa shape index (κ3) is 2.88. The van der Waals surface area contributed by atoms with Gasteiger partial charge < -0.3 is 5.32 Å². The Bertz CT molecular complexity index is 543. The second-order valence-electron chi connectivity index (χ2n) is 3.96. The molecule has 2 rings (SSSR count). The molecule has 18 heavy (non-hydrogen) atoms. The molecule has 0 fully saturated rings. The highest BCUT2D eigenvalue weighted by molar-refractivity contribution is 9.10. The molecule has 1 heterocycles. The van der Waals surface area contributed by atoms with Crippen LogP contribution in [0.3, 0.4) is 0 Å². The maximum atomic E-state index is 14.0. The van der Waals surface area contributed by atoms with Gasteiger partial charge in [-0.3, -0.25) is 4.98 Å². The normalized spacial score (nSPS) is 10.4. The number of benzene rings is 1. The molecule has 2 aromatic rings. The summed E-state index contributed by atoms with van der Waals surface area (Å²) in [5, 5.41) is 3.26. The van der Waals surface area contributed by atoms with E-state index in [1.807, 2.05) is 12.1 Å². The fraction of sp³-hybridized carbons (Fsp3) is 0.214. The predicted molar refractivity (Wildman–Crippen MR) is 76.1 cm³/mol.